The first-order valence-corrected chi connectivity index (χ1v) is 9.23. The van der Waals surface area contributed by atoms with Crippen LogP contribution in [0.1, 0.15) is 30.2 Å². The van der Waals surface area contributed by atoms with Crippen LogP contribution in [0, 0.1) is 0 Å². The average molecular weight is 347 g/mol. The van der Waals surface area contributed by atoms with Crippen molar-refractivity contribution >= 4 is 17.3 Å². The molecule has 0 saturated carbocycles. The number of carbonyl (C=O) groups is 1. The minimum atomic E-state index is -0.743. The van der Waals surface area contributed by atoms with Gasteiger partial charge in [-0.15, -0.1) is 11.3 Å². The molecule has 1 aromatic heterocycles. The van der Waals surface area contributed by atoms with Crippen LogP contribution in [0.5, 0.6) is 5.75 Å². The third kappa shape index (κ3) is 6.72. The standard InChI is InChI=1S/C19H25NO3S/c1-2-20(12-10-19(21)22)11-4-13-23-17-8-6-16(7-9-17)15-18-5-3-14-24-18/h3,5-9,14H,2,4,10-13,15H2,1H3,(H,21,22). The summed E-state index contributed by atoms with van der Waals surface area (Å²) in [6.45, 7) is 5.02. The number of ether oxygens (including phenoxy) is 1. The molecule has 0 saturated heterocycles. The predicted octanol–water partition coefficient (Wildman–Crippen LogP) is 3.90. The smallest absolute Gasteiger partial charge is 0.304 e. The van der Waals surface area contributed by atoms with Gasteiger partial charge in [0.15, 0.2) is 0 Å². The van der Waals surface area contributed by atoms with Gasteiger partial charge in [0.25, 0.3) is 0 Å². The molecule has 4 nitrogen and oxygen atoms in total. The first-order chi connectivity index (χ1) is 11.7. The van der Waals surface area contributed by atoms with Crippen molar-refractivity contribution in [1.29, 1.82) is 0 Å². The van der Waals surface area contributed by atoms with Crippen LogP contribution in [0.3, 0.4) is 0 Å². The SMILES string of the molecule is CCN(CCCOc1ccc(Cc2cccs2)cc1)CCC(=O)O. The Labute approximate surface area is 147 Å². The molecular weight excluding hydrogens is 322 g/mol. The lowest BCUT2D eigenvalue weighted by Gasteiger charge is -2.19. The molecule has 5 heteroatoms. The topological polar surface area (TPSA) is 49.8 Å². The maximum Gasteiger partial charge on any atom is 0.304 e. The van der Waals surface area contributed by atoms with E-state index in [9.17, 15) is 4.79 Å². The molecule has 1 N–H and O–H groups in total. The van der Waals surface area contributed by atoms with E-state index in [2.05, 4.69) is 41.5 Å². The summed E-state index contributed by atoms with van der Waals surface area (Å²) in [7, 11) is 0. The Kier molecular flexibility index (Phi) is 7.79. The summed E-state index contributed by atoms with van der Waals surface area (Å²) in [6.07, 6.45) is 2.05. The van der Waals surface area contributed by atoms with E-state index in [-0.39, 0.29) is 6.42 Å². The van der Waals surface area contributed by atoms with Gasteiger partial charge in [-0.25, -0.2) is 0 Å². The summed E-state index contributed by atoms with van der Waals surface area (Å²) in [5, 5.41) is 10.8. The molecule has 24 heavy (non-hydrogen) atoms. The lowest BCUT2D eigenvalue weighted by atomic mass is 10.1. The van der Waals surface area contributed by atoms with Crippen LogP contribution in [0.4, 0.5) is 0 Å². The fraction of sp³-hybridized carbons (Fsp3) is 0.421. The number of benzene rings is 1. The molecule has 0 amide bonds. The van der Waals surface area contributed by atoms with Crippen LogP contribution >= 0.6 is 11.3 Å². The number of nitrogens with zero attached hydrogens (tertiary/aromatic N) is 1. The molecule has 0 spiro atoms. The first kappa shape index (κ1) is 18.5. The van der Waals surface area contributed by atoms with Crippen LogP contribution in [-0.4, -0.2) is 42.2 Å². The Balaban J connectivity index is 1.67. The van der Waals surface area contributed by atoms with Crippen LogP contribution in [0.25, 0.3) is 0 Å². The molecule has 2 rings (SSSR count). The zero-order valence-corrected chi connectivity index (χ0v) is 14.9. The van der Waals surface area contributed by atoms with E-state index in [1.165, 1.54) is 10.4 Å². The molecule has 1 aromatic carbocycles. The number of thiophene rings is 1. The molecule has 0 unspecified atom stereocenters. The van der Waals surface area contributed by atoms with E-state index in [1.54, 1.807) is 11.3 Å². The predicted molar refractivity (Wildman–Crippen MR) is 98.0 cm³/mol. The van der Waals surface area contributed by atoms with Crippen molar-refractivity contribution in [3.63, 3.8) is 0 Å². The van der Waals surface area contributed by atoms with Crippen molar-refractivity contribution in [3.05, 3.63) is 52.2 Å². The van der Waals surface area contributed by atoms with Crippen molar-refractivity contribution in [2.75, 3.05) is 26.2 Å². The zero-order chi connectivity index (χ0) is 17.2. The molecule has 0 fully saturated rings. The van der Waals surface area contributed by atoms with Gasteiger partial charge in [0, 0.05) is 24.4 Å². The van der Waals surface area contributed by atoms with Crippen LogP contribution < -0.4 is 4.74 Å². The molecule has 130 valence electrons. The molecule has 0 aliphatic rings. The fourth-order valence-corrected chi connectivity index (χ4v) is 3.22. The molecule has 0 bridgehead atoms. The van der Waals surface area contributed by atoms with Gasteiger partial charge in [0.1, 0.15) is 5.75 Å². The van der Waals surface area contributed by atoms with E-state index < -0.39 is 5.97 Å². The van der Waals surface area contributed by atoms with Gasteiger partial charge in [-0.2, -0.15) is 0 Å². The lowest BCUT2D eigenvalue weighted by molar-refractivity contribution is -0.137. The van der Waals surface area contributed by atoms with E-state index in [4.69, 9.17) is 9.84 Å². The van der Waals surface area contributed by atoms with Gasteiger partial charge < -0.3 is 14.7 Å². The van der Waals surface area contributed by atoms with E-state index in [1.807, 2.05) is 12.1 Å². The summed E-state index contributed by atoms with van der Waals surface area (Å²) in [5.74, 6) is 0.144. The number of hydrogen-bond acceptors (Lipinski definition) is 4. The Morgan fingerprint density at radius 3 is 2.62 bits per heavy atom. The van der Waals surface area contributed by atoms with Gasteiger partial charge in [-0.3, -0.25) is 4.79 Å². The highest BCUT2D eigenvalue weighted by molar-refractivity contribution is 7.09. The highest BCUT2D eigenvalue weighted by Crippen LogP contribution is 2.18. The minimum absolute atomic E-state index is 0.195. The number of hydrogen-bond donors (Lipinski definition) is 1. The molecule has 0 radical (unpaired) electrons. The van der Waals surface area contributed by atoms with Gasteiger partial charge in [0.05, 0.1) is 13.0 Å². The average Bonchev–Trinajstić information content (AvgIpc) is 3.08. The quantitative estimate of drug-likeness (QED) is 0.626. The van der Waals surface area contributed by atoms with Crippen LogP contribution in [-0.2, 0) is 11.2 Å². The summed E-state index contributed by atoms with van der Waals surface area (Å²) in [5.41, 5.74) is 1.29. The van der Waals surface area contributed by atoms with Gasteiger partial charge >= 0.3 is 5.97 Å². The Morgan fingerprint density at radius 2 is 2.00 bits per heavy atom. The van der Waals surface area contributed by atoms with Crippen LogP contribution in [0.15, 0.2) is 41.8 Å². The second-order valence-electron chi connectivity index (χ2n) is 5.68. The normalized spacial score (nSPS) is 10.9. The monoisotopic (exact) mass is 347 g/mol. The molecule has 0 aliphatic heterocycles. The lowest BCUT2D eigenvalue weighted by Crippen LogP contribution is -2.28. The highest BCUT2D eigenvalue weighted by Gasteiger charge is 2.05. The fourth-order valence-electron chi connectivity index (χ4n) is 2.48. The van der Waals surface area contributed by atoms with Gasteiger partial charge in [-0.1, -0.05) is 25.1 Å². The van der Waals surface area contributed by atoms with Crippen molar-refractivity contribution in [1.82, 2.24) is 4.90 Å². The molecule has 0 atom stereocenters. The van der Waals surface area contributed by atoms with Crippen molar-refractivity contribution < 1.29 is 14.6 Å². The first-order valence-electron chi connectivity index (χ1n) is 8.35. The summed E-state index contributed by atoms with van der Waals surface area (Å²) in [6, 6.07) is 12.5. The van der Waals surface area contributed by atoms with Gasteiger partial charge in [0.2, 0.25) is 0 Å². The Morgan fingerprint density at radius 1 is 1.21 bits per heavy atom. The molecule has 0 aliphatic carbocycles. The second-order valence-corrected chi connectivity index (χ2v) is 6.71. The third-order valence-electron chi connectivity index (χ3n) is 3.86. The molecular formula is C19H25NO3S. The molecule has 2 aromatic rings. The number of aliphatic carboxylic acids is 1. The van der Waals surface area contributed by atoms with Crippen molar-refractivity contribution in [3.8, 4) is 5.75 Å². The Bertz CT molecular complexity index is 596. The Hall–Kier alpha value is -1.85. The summed E-state index contributed by atoms with van der Waals surface area (Å²) < 4.78 is 5.78. The largest absolute Gasteiger partial charge is 0.494 e. The number of rotatable bonds is 11. The maximum atomic E-state index is 10.6. The second kappa shape index (κ2) is 10.1. The number of carboxylic acid groups (broad SMARTS) is 1. The third-order valence-corrected chi connectivity index (χ3v) is 4.73. The minimum Gasteiger partial charge on any atom is -0.494 e. The van der Waals surface area contributed by atoms with E-state index in [0.717, 1.165) is 31.7 Å². The van der Waals surface area contributed by atoms with Crippen molar-refractivity contribution in [2.45, 2.75) is 26.2 Å². The zero-order valence-electron chi connectivity index (χ0n) is 14.1. The highest BCUT2D eigenvalue weighted by atomic mass is 32.1. The summed E-state index contributed by atoms with van der Waals surface area (Å²) in [4.78, 5) is 14.1. The van der Waals surface area contributed by atoms with Crippen molar-refractivity contribution in [2.24, 2.45) is 0 Å². The van der Waals surface area contributed by atoms with E-state index in [0.29, 0.717) is 13.2 Å². The van der Waals surface area contributed by atoms with Gasteiger partial charge in [-0.05, 0) is 42.1 Å². The molecule has 1 heterocycles. The summed E-state index contributed by atoms with van der Waals surface area (Å²) >= 11 is 1.78. The maximum absolute atomic E-state index is 10.6. The van der Waals surface area contributed by atoms with Crippen LogP contribution in [0.2, 0.25) is 0 Å². The number of carboxylic acids is 1. The van der Waals surface area contributed by atoms with E-state index >= 15 is 0 Å².